The first-order chi connectivity index (χ1) is 11.2. The molecule has 0 radical (unpaired) electrons. The van der Waals surface area contributed by atoms with Crippen LogP contribution in [-0.4, -0.2) is 56.5 Å². The van der Waals surface area contributed by atoms with E-state index in [2.05, 4.69) is 15.0 Å². The lowest BCUT2D eigenvalue weighted by atomic mass is 10.3. The fraction of sp³-hybridized carbons (Fsp3) is 0.333. The molecular weight excluding hydrogens is 296 g/mol. The zero-order chi connectivity index (χ0) is 15.8. The number of amides is 1. The molecule has 0 saturated carbocycles. The number of imidazole rings is 1. The van der Waals surface area contributed by atoms with E-state index in [9.17, 15) is 4.79 Å². The molecule has 118 valence electrons. The van der Waals surface area contributed by atoms with Gasteiger partial charge in [-0.05, 0) is 12.1 Å². The van der Waals surface area contributed by atoms with E-state index in [1.165, 1.54) is 0 Å². The summed E-state index contributed by atoms with van der Waals surface area (Å²) in [6.07, 6.45) is 5.06. The highest BCUT2D eigenvalue weighted by atomic mass is 16.4. The number of piperazine rings is 1. The lowest BCUT2D eigenvalue weighted by molar-refractivity contribution is 0.0739. The van der Waals surface area contributed by atoms with E-state index in [4.69, 9.17) is 4.42 Å². The predicted molar refractivity (Wildman–Crippen MR) is 83.1 cm³/mol. The smallest absolute Gasteiger partial charge is 0.300 e. The van der Waals surface area contributed by atoms with Gasteiger partial charge in [0, 0.05) is 45.6 Å². The van der Waals surface area contributed by atoms with Gasteiger partial charge in [0.15, 0.2) is 5.58 Å². The van der Waals surface area contributed by atoms with Gasteiger partial charge in [-0.2, -0.15) is 4.98 Å². The largest absolute Gasteiger partial charge is 0.422 e. The Morgan fingerprint density at radius 2 is 2.04 bits per heavy atom. The molecule has 8 heteroatoms. The number of fused-ring (bicyclic) bond motifs is 1. The standard InChI is InChI=1S/C15H16N6O2/c1-19-9-11(17-10-19)14(22)20-5-7-21(8-6-20)15-18-13-12(23-15)3-2-4-16-13/h2-4,9-10H,5-8H2,1H3. The fourth-order valence-corrected chi connectivity index (χ4v) is 2.68. The molecular formula is C15H16N6O2. The summed E-state index contributed by atoms with van der Waals surface area (Å²) in [5, 5.41) is 0. The van der Waals surface area contributed by atoms with E-state index in [1.54, 1.807) is 28.2 Å². The van der Waals surface area contributed by atoms with Crippen LogP contribution in [0, 0.1) is 0 Å². The zero-order valence-corrected chi connectivity index (χ0v) is 12.7. The van der Waals surface area contributed by atoms with Crippen LogP contribution in [0.1, 0.15) is 10.5 Å². The van der Waals surface area contributed by atoms with Crippen molar-refractivity contribution in [2.24, 2.45) is 7.05 Å². The number of rotatable bonds is 2. The van der Waals surface area contributed by atoms with Gasteiger partial charge in [0.05, 0.1) is 6.33 Å². The maximum Gasteiger partial charge on any atom is 0.300 e. The Hall–Kier alpha value is -2.90. The first-order valence-corrected chi connectivity index (χ1v) is 7.44. The fourth-order valence-electron chi connectivity index (χ4n) is 2.68. The summed E-state index contributed by atoms with van der Waals surface area (Å²) < 4.78 is 7.50. The molecule has 4 heterocycles. The van der Waals surface area contributed by atoms with Crippen molar-refractivity contribution in [3.63, 3.8) is 0 Å². The maximum atomic E-state index is 12.4. The zero-order valence-electron chi connectivity index (χ0n) is 12.7. The van der Waals surface area contributed by atoms with Gasteiger partial charge in [-0.15, -0.1) is 0 Å². The van der Waals surface area contributed by atoms with Crippen molar-refractivity contribution in [1.82, 2.24) is 24.4 Å². The Balaban J connectivity index is 1.45. The topological polar surface area (TPSA) is 80.3 Å². The summed E-state index contributed by atoms with van der Waals surface area (Å²) >= 11 is 0. The van der Waals surface area contributed by atoms with E-state index < -0.39 is 0 Å². The number of oxazole rings is 1. The molecule has 1 amide bonds. The van der Waals surface area contributed by atoms with E-state index >= 15 is 0 Å². The molecule has 1 aliphatic heterocycles. The highest BCUT2D eigenvalue weighted by molar-refractivity contribution is 5.92. The van der Waals surface area contributed by atoms with Crippen molar-refractivity contribution in [3.05, 3.63) is 36.5 Å². The molecule has 1 saturated heterocycles. The summed E-state index contributed by atoms with van der Waals surface area (Å²) in [5.74, 6) is -0.0375. The third-order valence-electron chi connectivity index (χ3n) is 3.92. The second kappa shape index (κ2) is 5.38. The van der Waals surface area contributed by atoms with Gasteiger partial charge in [0.1, 0.15) is 5.69 Å². The van der Waals surface area contributed by atoms with Crippen LogP contribution >= 0.6 is 0 Å². The second-order valence-electron chi connectivity index (χ2n) is 5.53. The molecule has 23 heavy (non-hydrogen) atoms. The van der Waals surface area contributed by atoms with Gasteiger partial charge in [-0.3, -0.25) is 4.79 Å². The van der Waals surface area contributed by atoms with Gasteiger partial charge in [0.2, 0.25) is 5.65 Å². The third kappa shape index (κ3) is 2.52. The molecule has 0 bridgehead atoms. The van der Waals surface area contributed by atoms with Crippen molar-refractivity contribution in [2.75, 3.05) is 31.1 Å². The van der Waals surface area contributed by atoms with Gasteiger partial charge >= 0.3 is 0 Å². The van der Waals surface area contributed by atoms with Crippen LogP contribution in [0.15, 0.2) is 35.3 Å². The van der Waals surface area contributed by atoms with Crippen LogP contribution < -0.4 is 4.90 Å². The molecule has 1 fully saturated rings. The minimum Gasteiger partial charge on any atom is -0.422 e. The molecule has 0 atom stereocenters. The molecule has 0 N–H and O–H groups in total. The number of anilines is 1. The van der Waals surface area contributed by atoms with Gasteiger partial charge in [0.25, 0.3) is 11.9 Å². The Kier molecular flexibility index (Phi) is 3.22. The van der Waals surface area contributed by atoms with Crippen LogP contribution in [0.2, 0.25) is 0 Å². The first-order valence-electron chi connectivity index (χ1n) is 7.44. The number of hydrogen-bond donors (Lipinski definition) is 0. The Morgan fingerprint density at radius 1 is 1.22 bits per heavy atom. The number of aryl methyl sites for hydroxylation is 1. The number of hydrogen-bond acceptors (Lipinski definition) is 6. The van der Waals surface area contributed by atoms with Crippen molar-refractivity contribution >= 4 is 23.2 Å². The number of carbonyl (C=O) groups is 1. The Bertz CT molecular complexity index is 813. The number of carbonyl (C=O) groups excluding carboxylic acids is 1. The molecule has 0 spiro atoms. The SMILES string of the molecule is Cn1cnc(C(=O)N2CCN(c3nc4ncccc4o3)CC2)c1. The second-order valence-corrected chi connectivity index (χ2v) is 5.53. The first kappa shape index (κ1) is 13.7. The Labute approximate surface area is 132 Å². The average molecular weight is 312 g/mol. The van der Waals surface area contributed by atoms with Crippen molar-refractivity contribution < 1.29 is 9.21 Å². The van der Waals surface area contributed by atoms with Crippen molar-refractivity contribution in [2.45, 2.75) is 0 Å². The minimum absolute atomic E-state index is 0.0375. The molecule has 0 aliphatic carbocycles. The van der Waals surface area contributed by atoms with Gasteiger partial charge in [-0.25, -0.2) is 9.97 Å². The minimum atomic E-state index is -0.0375. The maximum absolute atomic E-state index is 12.4. The molecule has 3 aromatic rings. The van der Waals surface area contributed by atoms with Crippen LogP contribution in [0.5, 0.6) is 0 Å². The lowest BCUT2D eigenvalue weighted by Crippen LogP contribution is -2.49. The summed E-state index contributed by atoms with van der Waals surface area (Å²) in [5.41, 5.74) is 1.76. The van der Waals surface area contributed by atoms with Crippen LogP contribution in [0.4, 0.5) is 6.01 Å². The van der Waals surface area contributed by atoms with Crippen molar-refractivity contribution in [1.29, 1.82) is 0 Å². The van der Waals surface area contributed by atoms with Gasteiger partial charge < -0.3 is 18.8 Å². The lowest BCUT2D eigenvalue weighted by Gasteiger charge is -2.33. The molecule has 0 aromatic carbocycles. The Morgan fingerprint density at radius 3 is 2.74 bits per heavy atom. The molecule has 1 aliphatic rings. The monoisotopic (exact) mass is 312 g/mol. The van der Waals surface area contributed by atoms with E-state index in [0.29, 0.717) is 49.1 Å². The highest BCUT2D eigenvalue weighted by Crippen LogP contribution is 2.21. The van der Waals surface area contributed by atoms with E-state index in [1.807, 2.05) is 24.1 Å². The number of nitrogens with zero attached hydrogens (tertiary/aromatic N) is 6. The number of aromatic nitrogens is 4. The van der Waals surface area contributed by atoms with Crippen LogP contribution in [0.25, 0.3) is 11.2 Å². The summed E-state index contributed by atoms with van der Waals surface area (Å²) in [4.78, 5) is 28.9. The van der Waals surface area contributed by atoms with E-state index in [0.717, 1.165) is 0 Å². The normalized spacial score (nSPS) is 15.3. The predicted octanol–water partition coefficient (Wildman–Crippen LogP) is 0.919. The molecule has 4 rings (SSSR count). The van der Waals surface area contributed by atoms with Gasteiger partial charge in [-0.1, -0.05) is 0 Å². The summed E-state index contributed by atoms with van der Waals surface area (Å²) in [7, 11) is 1.85. The molecule has 0 unspecified atom stereocenters. The summed E-state index contributed by atoms with van der Waals surface area (Å²) in [6, 6.07) is 4.23. The average Bonchev–Trinajstić information content (AvgIpc) is 3.20. The molecule has 8 nitrogen and oxygen atoms in total. The van der Waals surface area contributed by atoms with Crippen molar-refractivity contribution in [3.8, 4) is 0 Å². The summed E-state index contributed by atoms with van der Waals surface area (Å²) in [6.45, 7) is 2.57. The highest BCUT2D eigenvalue weighted by Gasteiger charge is 2.25. The van der Waals surface area contributed by atoms with E-state index in [-0.39, 0.29) is 5.91 Å². The number of pyridine rings is 1. The molecule has 3 aromatic heterocycles. The third-order valence-corrected chi connectivity index (χ3v) is 3.92. The van der Waals surface area contributed by atoms with Crippen LogP contribution in [-0.2, 0) is 7.05 Å². The van der Waals surface area contributed by atoms with Crippen LogP contribution in [0.3, 0.4) is 0 Å². The quantitative estimate of drug-likeness (QED) is 0.700.